The first-order valence-corrected chi connectivity index (χ1v) is 5.40. The van der Waals surface area contributed by atoms with Crippen molar-refractivity contribution in [1.29, 1.82) is 0 Å². The number of hydrogen-bond acceptors (Lipinski definition) is 3. The van der Waals surface area contributed by atoms with E-state index in [1.54, 1.807) is 31.3 Å². The first kappa shape index (κ1) is 13.2. The average Bonchev–Trinajstić information content (AvgIpc) is 2.35. The summed E-state index contributed by atoms with van der Waals surface area (Å²) in [6.45, 7) is -0.00823. The van der Waals surface area contributed by atoms with Crippen molar-refractivity contribution in [3.8, 4) is 0 Å². The van der Waals surface area contributed by atoms with Crippen LogP contribution in [0.2, 0.25) is 0 Å². The van der Waals surface area contributed by atoms with Crippen molar-refractivity contribution in [2.45, 2.75) is 12.8 Å². The highest BCUT2D eigenvalue weighted by molar-refractivity contribution is 5.97. The highest BCUT2D eigenvalue weighted by atomic mass is 16.3. The molecule has 0 aliphatic heterocycles. The van der Waals surface area contributed by atoms with Crippen LogP contribution in [-0.2, 0) is 4.79 Å². The van der Waals surface area contributed by atoms with E-state index < -0.39 is 0 Å². The van der Waals surface area contributed by atoms with E-state index in [2.05, 4.69) is 10.6 Å². The second-order valence-corrected chi connectivity index (χ2v) is 3.54. The van der Waals surface area contributed by atoms with E-state index in [1.165, 1.54) is 0 Å². The van der Waals surface area contributed by atoms with E-state index >= 15 is 0 Å². The third kappa shape index (κ3) is 4.24. The molecule has 3 N–H and O–H groups in total. The predicted molar refractivity (Wildman–Crippen MR) is 64.8 cm³/mol. The Morgan fingerprint density at radius 3 is 2.76 bits per heavy atom. The monoisotopic (exact) mass is 236 g/mol. The Labute approximate surface area is 99.8 Å². The smallest absolute Gasteiger partial charge is 0.251 e. The molecule has 17 heavy (non-hydrogen) atoms. The average molecular weight is 236 g/mol. The summed E-state index contributed by atoms with van der Waals surface area (Å²) < 4.78 is 0. The van der Waals surface area contributed by atoms with E-state index in [9.17, 15) is 9.59 Å². The molecule has 92 valence electrons. The second kappa shape index (κ2) is 6.65. The molecule has 1 aromatic rings. The molecule has 0 spiro atoms. The zero-order valence-corrected chi connectivity index (χ0v) is 9.69. The number of hydrogen-bond donors (Lipinski definition) is 3. The van der Waals surface area contributed by atoms with Gasteiger partial charge in [0.2, 0.25) is 5.91 Å². The Hall–Kier alpha value is -1.88. The Kier molecular flexibility index (Phi) is 5.16. The van der Waals surface area contributed by atoms with Crippen LogP contribution >= 0.6 is 0 Å². The minimum Gasteiger partial charge on any atom is -0.396 e. The predicted octanol–water partition coefficient (Wildman–Crippen LogP) is 0.757. The third-order valence-electron chi connectivity index (χ3n) is 2.20. The van der Waals surface area contributed by atoms with Gasteiger partial charge < -0.3 is 15.7 Å². The van der Waals surface area contributed by atoms with Crippen molar-refractivity contribution in [3.05, 3.63) is 29.8 Å². The lowest BCUT2D eigenvalue weighted by Gasteiger charge is -2.06. The maximum Gasteiger partial charge on any atom is 0.251 e. The standard InChI is InChI=1S/C12H16N2O3/c1-13-12(17)9-4-2-5-10(8-9)14-11(16)6-3-7-15/h2,4-5,8,15H,3,6-7H2,1H3,(H,13,17)(H,14,16). The molecule has 0 fully saturated rings. The van der Waals surface area contributed by atoms with Crippen molar-refractivity contribution < 1.29 is 14.7 Å². The molecule has 2 amide bonds. The van der Waals surface area contributed by atoms with Crippen LogP contribution < -0.4 is 10.6 Å². The van der Waals surface area contributed by atoms with E-state index in [0.717, 1.165) is 0 Å². The maximum absolute atomic E-state index is 11.4. The molecule has 0 heterocycles. The Morgan fingerprint density at radius 1 is 1.35 bits per heavy atom. The second-order valence-electron chi connectivity index (χ2n) is 3.54. The highest BCUT2D eigenvalue weighted by Crippen LogP contribution is 2.11. The summed E-state index contributed by atoms with van der Waals surface area (Å²) >= 11 is 0. The number of carbonyl (C=O) groups excluding carboxylic acids is 2. The van der Waals surface area contributed by atoms with Crippen LogP contribution in [0.1, 0.15) is 23.2 Å². The summed E-state index contributed by atoms with van der Waals surface area (Å²) in [6, 6.07) is 6.69. The molecule has 0 aliphatic carbocycles. The molecule has 0 unspecified atom stereocenters. The van der Waals surface area contributed by atoms with Crippen LogP contribution in [0.3, 0.4) is 0 Å². The van der Waals surface area contributed by atoms with Crippen LogP contribution in [0.25, 0.3) is 0 Å². The topological polar surface area (TPSA) is 78.4 Å². The summed E-state index contributed by atoms with van der Waals surface area (Å²) in [5.41, 5.74) is 1.07. The van der Waals surface area contributed by atoms with Gasteiger partial charge in [-0.25, -0.2) is 0 Å². The quantitative estimate of drug-likeness (QED) is 0.706. The molecule has 5 heteroatoms. The SMILES string of the molecule is CNC(=O)c1cccc(NC(=O)CCCO)c1. The van der Waals surface area contributed by atoms with Gasteiger partial charge in [-0.15, -0.1) is 0 Å². The number of aliphatic hydroxyl groups is 1. The normalized spacial score (nSPS) is 9.76. The van der Waals surface area contributed by atoms with Crippen molar-refractivity contribution in [2.75, 3.05) is 19.0 Å². The number of carbonyl (C=O) groups is 2. The largest absolute Gasteiger partial charge is 0.396 e. The van der Waals surface area contributed by atoms with Gasteiger partial charge in [-0.1, -0.05) is 6.07 Å². The van der Waals surface area contributed by atoms with Crippen molar-refractivity contribution in [3.63, 3.8) is 0 Å². The molecule has 0 saturated heterocycles. The third-order valence-corrected chi connectivity index (χ3v) is 2.20. The number of anilines is 1. The summed E-state index contributed by atoms with van der Waals surface area (Å²) in [5.74, 6) is -0.371. The van der Waals surface area contributed by atoms with Gasteiger partial charge in [0.25, 0.3) is 5.91 Å². The summed E-state index contributed by atoms with van der Waals surface area (Å²) in [5, 5.41) is 13.8. The fourth-order valence-corrected chi connectivity index (χ4v) is 1.35. The Morgan fingerprint density at radius 2 is 2.12 bits per heavy atom. The number of nitrogens with one attached hydrogen (secondary N) is 2. The van der Waals surface area contributed by atoms with Crippen molar-refractivity contribution >= 4 is 17.5 Å². The molecule has 1 rings (SSSR count). The lowest BCUT2D eigenvalue weighted by atomic mass is 10.2. The van der Waals surface area contributed by atoms with Gasteiger partial charge in [0.05, 0.1) is 0 Å². The summed E-state index contributed by atoms with van der Waals surface area (Å²) in [7, 11) is 1.55. The first-order valence-electron chi connectivity index (χ1n) is 5.40. The van der Waals surface area contributed by atoms with E-state index in [0.29, 0.717) is 17.7 Å². The van der Waals surface area contributed by atoms with Crippen LogP contribution in [0, 0.1) is 0 Å². The van der Waals surface area contributed by atoms with E-state index in [4.69, 9.17) is 5.11 Å². The lowest BCUT2D eigenvalue weighted by molar-refractivity contribution is -0.116. The van der Waals surface area contributed by atoms with Gasteiger partial charge in [0.1, 0.15) is 0 Å². The lowest BCUT2D eigenvalue weighted by Crippen LogP contribution is -2.18. The first-order chi connectivity index (χ1) is 8.17. The molecular weight excluding hydrogens is 220 g/mol. The van der Waals surface area contributed by atoms with Gasteiger partial charge in [-0.05, 0) is 24.6 Å². The van der Waals surface area contributed by atoms with Gasteiger partial charge in [-0.3, -0.25) is 9.59 Å². The van der Waals surface area contributed by atoms with Gasteiger partial charge >= 0.3 is 0 Å². The summed E-state index contributed by atoms with van der Waals surface area (Å²) in [6.07, 6.45) is 0.696. The number of benzene rings is 1. The molecule has 0 bridgehead atoms. The van der Waals surface area contributed by atoms with E-state index in [-0.39, 0.29) is 24.8 Å². The fourth-order valence-electron chi connectivity index (χ4n) is 1.35. The van der Waals surface area contributed by atoms with Crippen LogP contribution in [0.15, 0.2) is 24.3 Å². The fraction of sp³-hybridized carbons (Fsp3) is 0.333. The van der Waals surface area contributed by atoms with Gasteiger partial charge in [0, 0.05) is 31.3 Å². The van der Waals surface area contributed by atoms with Crippen LogP contribution in [-0.4, -0.2) is 30.6 Å². The van der Waals surface area contributed by atoms with Crippen LogP contribution in [0.4, 0.5) is 5.69 Å². The molecule has 0 atom stereocenters. The number of rotatable bonds is 5. The maximum atomic E-state index is 11.4. The minimum absolute atomic E-state index is 0.00823. The molecule has 1 aromatic carbocycles. The Bertz CT molecular complexity index is 404. The molecular formula is C12H16N2O3. The van der Waals surface area contributed by atoms with Gasteiger partial charge in [0.15, 0.2) is 0 Å². The zero-order chi connectivity index (χ0) is 12.7. The molecule has 0 radical (unpaired) electrons. The van der Waals surface area contributed by atoms with Crippen LogP contribution in [0.5, 0.6) is 0 Å². The summed E-state index contributed by atoms with van der Waals surface area (Å²) in [4.78, 5) is 22.8. The number of aliphatic hydroxyl groups excluding tert-OH is 1. The Balaban J connectivity index is 2.65. The number of amides is 2. The van der Waals surface area contributed by atoms with Crippen molar-refractivity contribution in [1.82, 2.24) is 5.32 Å². The molecule has 0 saturated carbocycles. The molecule has 0 aliphatic rings. The van der Waals surface area contributed by atoms with E-state index in [1.807, 2.05) is 0 Å². The van der Waals surface area contributed by atoms with Gasteiger partial charge in [-0.2, -0.15) is 0 Å². The minimum atomic E-state index is -0.198. The molecule has 5 nitrogen and oxygen atoms in total. The highest BCUT2D eigenvalue weighted by Gasteiger charge is 2.05. The van der Waals surface area contributed by atoms with Crippen molar-refractivity contribution in [2.24, 2.45) is 0 Å². The molecule has 0 aromatic heterocycles. The zero-order valence-electron chi connectivity index (χ0n) is 9.69.